The first kappa shape index (κ1) is 33.3. The van der Waals surface area contributed by atoms with Crippen molar-refractivity contribution in [2.24, 2.45) is 0 Å². The molecule has 0 saturated carbocycles. The molecule has 9 rings (SSSR count). The minimum absolute atomic E-state index is 0.0113. The van der Waals surface area contributed by atoms with E-state index in [0.717, 1.165) is 12.8 Å². The Hall–Kier alpha value is -5.54. The third kappa shape index (κ3) is 5.74. The Morgan fingerprint density at radius 1 is 0.472 bits per heavy atom. The highest BCUT2D eigenvalue weighted by molar-refractivity contribution is 7.00. The van der Waals surface area contributed by atoms with Crippen molar-refractivity contribution < 1.29 is 0 Å². The van der Waals surface area contributed by atoms with E-state index in [1.807, 2.05) is 0 Å². The minimum Gasteiger partial charge on any atom is -0.311 e. The molecule has 1 aliphatic carbocycles. The molecule has 2 heterocycles. The summed E-state index contributed by atoms with van der Waals surface area (Å²) in [6.45, 7) is 13.9. The van der Waals surface area contributed by atoms with Crippen molar-refractivity contribution in [2.45, 2.75) is 65.2 Å². The molecule has 2 nitrogen and oxygen atoms in total. The number of fused-ring (bicyclic) bond motifs is 4. The highest BCUT2D eigenvalue weighted by Crippen LogP contribution is 2.45. The van der Waals surface area contributed by atoms with Gasteiger partial charge >= 0.3 is 0 Å². The molecule has 2 aliphatic heterocycles. The molecular weight excluding hydrogens is 639 g/mol. The van der Waals surface area contributed by atoms with Gasteiger partial charge in [-0.05, 0) is 122 Å². The number of nitrogens with zero attached hydrogens (tertiary/aromatic N) is 2. The molecule has 0 unspecified atom stereocenters. The van der Waals surface area contributed by atoms with Crippen molar-refractivity contribution in [1.29, 1.82) is 0 Å². The van der Waals surface area contributed by atoms with Crippen LogP contribution in [0.5, 0.6) is 0 Å². The van der Waals surface area contributed by atoms with E-state index in [9.17, 15) is 0 Å². The van der Waals surface area contributed by atoms with Gasteiger partial charge in [-0.2, -0.15) is 0 Å². The fourth-order valence-electron chi connectivity index (χ4n) is 8.53. The van der Waals surface area contributed by atoms with Gasteiger partial charge in [-0.1, -0.05) is 145 Å². The summed E-state index contributed by atoms with van der Waals surface area (Å²) in [5.41, 5.74) is 19.2. The first-order chi connectivity index (χ1) is 25.6. The Balaban J connectivity index is 1.32. The topological polar surface area (TPSA) is 6.48 Å². The van der Waals surface area contributed by atoms with Crippen molar-refractivity contribution >= 4 is 62.8 Å². The van der Waals surface area contributed by atoms with Crippen molar-refractivity contribution in [3.8, 4) is 11.1 Å². The smallest absolute Gasteiger partial charge is 0.252 e. The first-order valence-electron chi connectivity index (χ1n) is 19.2. The Bertz CT molecular complexity index is 2420. The molecule has 3 aliphatic rings. The zero-order valence-electron chi connectivity index (χ0n) is 31.8. The zero-order chi connectivity index (χ0) is 36.5. The standard InChI is InChI=1S/C50H47BN2/c1-49(2,3)38-24-27-40(28-25-38)52-44-30-26-39(50(4,5)6)33-43(44)51-42-29-23-37(35-17-11-8-12-18-35)32-47(42)53(46-22-14-21-45(52)48(46)51)41-20-13-19-36(31-41)34-15-9-7-10-16-34/h8-9,11-33H,7,10H2,1-6H3. The summed E-state index contributed by atoms with van der Waals surface area (Å²) >= 11 is 0. The zero-order valence-corrected chi connectivity index (χ0v) is 31.8. The first-order valence-corrected chi connectivity index (χ1v) is 19.2. The number of rotatable bonds is 4. The van der Waals surface area contributed by atoms with E-state index in [1.54, 1.807) is 0 Å². The molecule has 3 heteroatoms. The number of hydrogen-bond donors (Lipinski definition) is 0. The monoisotopic (exact) mass is 686 g/mol. The fourth-order valence-corrected chi connectivity index (χ4v) is 8.53. The average molecular weight is 687 g/mol. The van der Waals surface area contributed by atoms with Crippen LogP contribution in [0.15, 0.2) is 152 Å². The van der Waals surface area contributed by atoms with E-state index < -0.39 is 0 Å². The molecule has 260 valence electrons. The molecule has 0 atom stereocenters. The summed E-state index contributed by atoms with van der Waals surface area (Å²) in [5, 5.41) is 0. The maximum Gasteiger partial charge on any atom is 0.252 e. The van der Waals surface area contributed by atoms with Crippen LogP contribution in [0.1, 0.15) is 71.1 Å². The maximum absolute atomic E-state index is 2.53. The number of benzene rings is 6. The van der Waals surface area contributed by atoms with E-state index >= 15 is 0 Å². The Morgan fingerprint density at radius 3 is 1.85 bits per heavy atom. The van der Waals surface area contributed by atoms with Gasteiger partial charge in [0.1, 0.15) is 0 Å². The van der Waals surface area contributed by atoms with Crippen LogP contribution < -0.4 is 26.2 Å². The van der Waals surface area contributed by atoms with Crippen molar-refractivity contribution in [3.05, 3.63) is 168 Å². The van der Waals surface area contributed by atoms with Crippen molar-refractivity contribution in [2.75, 3.05) is 9.80 Å². The van der Waals surface area contributed by atoms with Crippen LogP contribution in [0.25, 0.3) is 16.7 Å². The Kier molecular flexibility index (Phi) is 7.89. The predicted octanol–water partition coefficient (Wildman–Crippen LogP) is 11.8. The molecular formula is C50H47BN2. The van der Waals surface area contributed by atoms with Gasteiger partial charge in [0.25, 0.3) is 6.71 Å². The summed E-state index contributed by atoms with van der Waals surface area (Å²) in [6, 6.07) is 50.5. The molecule has 0 aromatic heterocycles. The molecule has 0 amide bonds. The largest absolute Gasteiger partial charge is 0.311 e. The second kappa shape index (κ2) is 12.6. The van der Waals surface area contributed by atoms with Gasteiger partial charge in [0.05, 0.1) is 0 Å². The van der Waals surface area contributed by atoms with Gasteiger partial charge in [-0.3, -0.25) is 0 Å². The highest BCUT2D eigenvalue weighted by atomic mass is 15.2. The van der Waals surface area contributed by atoms with E-state index in [-0.39, 0.29) is 17.5 Å². The highest BCUT2D eigenvalue weighted by Gasteiger charge is 2.43. The molecule has 0 saturated heterocycles. The van der Waals surface area contributed by atoms with E-state index in [4.69, 9.17) is 0 Å². The SMILES string of the molecule is CC(C)(C)c1ccc(N2c3ccc(C(C)(C)C)cc3B3c4ccc(-c5ccccc5)cc4N(c4cccc(C5=CCCC=C5)c4)c4cccc2c43)cc1. The summed E-state index contributed by atoms with van der Waals surface area (Å²) in [6.07, 6.45) is 9.15. The van der Waals surface area contributed by atoms with E-state index in [0.29, 0.717) is 0 Å². The lowest BCUT2D eigenvalue weighted by molar-refractivity contribution is 0.590. The van der Waals surface area contributed by atoms with Crippen molar-refractivity contribution in [1.82, 2.24) is 0 Å². The van der Waals surface area contributed by atoms with Gasteiger partial charge in [0, 0.05) is 34.1 Å². The summed E-state index contributed by atoms with van der Waals surface area (Å²) < 4.78 is 0. The van der Waals surface area contributed by atoms with Crippen LogP contribution in [0.2, 0.25) is 0 Å². The summed E-state index contributed by atoms with van der Waals surface area (Å²) in [4.78, 5) is 5.05. The van der Waals surface area contributed by atoms with Gasteiger partial charge < -0.3 is 9.80 Å². The molecule has 0 N–H and O–H groups in total. The van der Waals surface area contributed by atoms with Crippen LogP contribution >= 0.6 is 0 Å². The molecule has 6 aromatic carbocycles. The average Bonchev–Trinajstić information content (AvgIpc) is 3.17. The van der Waals surface area contributed by atoms with E-state index in [1.165, 1.54) is 83.9 Å². The Morgan fingerprint density at radius 2 is 1.15 bits per heavy atom. The van der Waals surface area contributed by atoms with Crippen molar-refractivity contribution in [3.63, 3.8) is 0 Å². The van der Waals surface area contributed by atoms with Crippen LogP contribution in [0.3, 0.4) is 0 Å². The maximum atomic E-state index is 2.53. The van der Waals surface area contributed by atoms with Gasteiger partial charge in [0.2, 0.25) is 0 Å². The predicted molar refractivity (Wildman–Crippen MR) is 230 cm³/mol. The summed E-state index contributed by atoms with van der Waals surface area (Å²) in [7, 11) is 0. The number of anilines is 6. The third-order valence-electron chi connectivity index (χ3n) is 11.4. The number of hydrogen-bond acceptors (Lipinski definition) is 2. The van der Waals surface area contributed by atoms with Crippen LogP contribution in [-0.2, 0) is 10.8 Å². The Labute approximate surface area is 316 Å². The normalized spacial score (nSPS) is 14.8. The van der Waals surface area contributed by atoms with E-state index in [2.05, 4.69) is 203 Å². The molecule has 0 radical (unpaired) electrons. The minimum atomic E-state index is 0.0113. The van der Waals surface area contributed by atoms with Gasteiger partial charge in [-0.15, -0.1) is 0 Å². The number of allylic oxidation sites excluding steroid dienone is 4. The quantitative estimate of drug-likeness (QED) is 0.170. The second-order valence-electron chi connectivity index (χ2n) is 17.0. The fraction of sp³-hybridized carbons (Fsp3) is 0.200. The van der Waals surface area contributed by atoms with Gasteiger partial charge in [-0.25, -0.2) is 0 Å². The molecule has 0 bridgehead atoms. The van der Waals surface area contributed by atoms with Crippen LogP contribution in [0.4, 0.5) is 34.1 Å². The molecule has 53 heavy (non-hydrogen) atoms. The molecule has 0 fully saturated rings. The lowest BCUT2D eigenvalue weighted by Gasteiger charge is -2.44. The molecule has 0 spiro atoms. The molecule has 6 aromatic rings. The van der Waals surface area contributed by atoms with Crippen LogP contribution in [-0.4, -0.2) is 6.71 Å². The van der Waals surface area contributed by atoms with Gasteiger partial charge in [0.15, 0.2) is 0 Å². The summed E-state index contributed by atoms with van der Waals surface area (Å²) in [5.74, 6) is 0. The van der Waals surface area contributed by atoms with Crippen LogP contribution in [0, 0.1) is 0 Å². The second-order valence-corrected chi connectivity index (χ2v) is 17.0. The lowest BCUT2D eigenvalue weighted by Crippen LogP contribution is -2.61. The lowest BCUT2D eigenvalue weighted by atomic mass is 9.33. The third-order valence-corrected chi connectivity index (χ3v) is 11.4.